The number of nitrogens with zero attached hydrogens (tertiary/aromatic N) is 1. The fraction of sp³-hybridized carbons (Fsp3) is 0.700. The first-order chi connectivity index (χ1) is 10.6. The van der Waals surface area contributed by atoms with E-state index in [0.29, 0.717) is 18.1 Å². The Kier molecular flexibility index (Phi) is 6.16. The molecule has 0 spiro atoms. The van der Waals surface area contributed by atoms with E-state index in [2.05, 4.69) is 64.6 Å². The molecule has 2 rings (SSSR count). The van der Waals surface area contributed by atoms with Gasteiger partial charge in [0.2, 0.25) is 0 Å². The number of morpholine rings is 1. The summed E-state index contributed by atoms with van der Waals surface area (Å²) in [5.41, 5.74) is 2.71. The van der Waals surface area contributed by atoms with Crippen molar-refractivity contribution >= 4 is 11.6 Å². The number of hydrogen-bond donors (Lipinski definition) is 0. The van der Waals surface area contributed by atoms with Gasteiger partial charge in [-0.3, -0.25) is 4.90 Å². The summed E-state index contributed by atoms with van der Waals surface area (Å²) in [5.74, 6) is 0.588. The zero-order valence-electron chi connectivity index (χ0n) is 15.5. The molecule has 0 aromatic heterocycles. The van der Waals surface area contributed by atoms with Gasteiger partial charge in [0.15, 0.2) is 0 Å². The number of ether oxygens (including phenoxy) is 1. The Morgan fingerprint density at radius 2 is 1.83 bits per heavy atom. The van der Waals surface area contributed by atoms with E-state index in [0.717, 1.165) is 31.1 Å². The Morgan fingerprint density at radius 1 is 1.22 bits per heavy atom. The summed E-state index contributed by atoms with van der Waals surface area (Å²) in [7, 11) is 0. The van der Waals surface area contributed by atoms with Crippen molar-refractivity contribution in [3.05, 3.63) is 34.3 Å². The first kappa shape index (κ1) is 18.8. The molecule has 23 heavy (non-hydrogen) atoms. The summed E-state index contributed by atoms with van der Waals surface area (Å²) < 4.78 is 5.82. The maximum absolute atomic E-state index is 6.54. The van der Waals surface area contributed by atoms with Gasteiger partial charge in [-0.1, -0.05) is 51.4 Å². The van der Waals surface area contributed by atoms with Crippen LogP contribution in [-0.2, 0) is 16.6 Å². The van der Waals surface area contributed by atoms with E-state index in [9.17, 15) is 0 Å². The minimum atomic E-state index is 0.147. The molecular formula is C20H32ClNO. The maximum Gasteiger partial charge on any atom is 0.0678 e. The smallest absolute Gasteiger partial charge is 0.0678 e. The van der Waals surface area contributed by atoms with Crippen LogP contribution < -0.4 is 0 Å². The van der Waals surface area contributed by atoms with Crippen molar-refractivity contribution in [1.29, 1.82) is 0 Å². The van der Waals surface area contributed by atoms with Crippen LogP contribution in [0.25, 0.3) is 0 Å². The lowest BCUT2D eigenvalue weighted by molar-refractivity contribution is -0.0708. The Morgan fingerprint density at radius 3 is 2.35 bits per heavy atom. The first-order valence-corrected chi connectivity index (χ1v) is 9.19. The molecule has 0 radical (unpaired) electrons. The van der Waals surface area contributed by atoms with Gasteiger partial charge in [0, 0.05) is 24.7 Å². The summed E-state index contributed by atoms with van der Waals surface area (Å²) in [6.07, 6.45) is 1.70. The fourth-order valence-corrected chi connectivity index (χ4v) is 3.75. The Hall–Kier alpha value is -0.570. The van der Waals surface area contributed by atoms with Crippen molar-refractivity contribution in [3.63, 3.8) is 0 Å². The zero-order valence-corrected chi connectivity index (χ0v) is 16.3. The van der Waals surface area contributed by atoms with Gasteiger partial charge in [-0.2, -0.15) is 0 Å². The highest BCUT2D eigenvalue weighted by molar-refractivity contribution is 6.31. The van der Waals surface area contributed by atoms with Gasteiger partial charge in [0.25, 0.3) is 0 Å². The van der Waals surface area contributed by atoms with E-state index in [4.69, 9.17) is 16.3 Å². The normalized spacial score (nSPS) is 24.7. The van der Waals surface area contributed by atoms with Crippen LogP contribution in [0, 0.1) is 5.92 Å². The van der Waals surface area contributed by atoms with E-state index in [1.807, 2.05) is 0 Å². The molecule has 2 nitrogen and oxygen atoms in total. The minimum absolute atomic E-state index is 0.147. The second-order valence-corrected chi connectivity index (χ2v) is 8.75. The molecule has 1 aromatic rings. The largest absolute Gasteiger partial charge is 0.373 e. The van der Waals surface area contributed by atoms with E-state index >= 15 is 0 Å². The summed E-state index contributed by atoms with van der Waals surface area (Å²) in [6.45, 7) is 16.5. The average Bonchev–Trinajstić information content (AvgIpc) is 2.38. The van der Waals surface area contributed by atoms with Crippen molar-refractivity contribution in [3.8, 4) is 0 Å². The Bertz CT molecular complexity index is 513. The molecule has 0 N–H and O–H groups in total. The topological polar surface area (TPSA) is 12.5 Å². The van der Waals surface area contributed by atoms with Crippen molar-refractivity contribution in [2.24, 2.45) is 5.92 Å². The van der Waals surface area contributed by atoms with Crippen molar-refractivity contribution < 1.29 is 4.74 Å². The Balaban J connectivity index is 1.96. The van der Waals surface area contributed by atoms with Gasteiger partial charge >= 0.3 is 0 Å². The van der Waals surface area contributed by atoms with Crippen LogP contribution >= 0.6 is 11.6 Å². The highest BCUT2D eigenvalue weighted by atomic mass is 35.5. The lowest BCUT2D eigenvalue weighted by Crippen LogP contribution is -2.47. The van der Waals surface area contributed by atoms with Crippen LogP contribution in [0.5, 0.6) is 0 Å². The van der Waals surface area contributed by atoms with Gasteiger partial charge in [-0.15, -0.1) is 0 Å². The van der Waals surface area contributed by atoms with Crippen LogP contribution in [0.1, 0.15) is 52.7 Å². The molecule has 3 heteroatoms. The number of halogens is 1. The number of hydrogen-bond acceptors (Lipinski definition) is 2. The molecule has 3 atom stereocenters. The van der Waals surface area contributed by atoms with Crippen LogP contribution in [0.15, 0.2) is 18.2 Å². The van der Waals surface area contributed by atoms with Gasteiger partial charge in [-0.25, -0.2) is 0 Å². The summed E-state index contributed by atoms with van der Waals surface area (Å²) >= 11 is 6.54. The first-order valence-electron chi connectivity index (χ1n) is 8.82. The third-order valence-corrected chi connectivity index (χ3v) is 4.90. The molecule has 0 bridgehead atoms. The van der Waals surface area contributed by atoms with Gasteiger partial charge in [-0.05, 0) is 48.8 Å². The van der Waals surface area contributed by atoms with E-state index < -0.39 is 0 Å². The van der Waals surface area contributed by atoms with E-state index in [1.165, 1.54) is 11.1 Å². The SMILES string of the molecule is CC(Cc1ccc(C(C)(C)C)cc1Cl)CN1C[C@@H](C)O[C@@H](C)C1. The summed E-state index contributed by atoms with van der Waals surface area (Å²) in [6, 6.07) is 6.58. The second-order valence-electron chi connectivity index (χ2n) is 8.34. The van der Waals surface area contributed by atoms with E-state index in [-0.39, 0.29) is 5.41 Å². The summed E-state index contributed by atoms with van der Waals surface area (Å²) in [4.78, 5) is 2.53. The maximum atomic E-state index is 6.54. The molecule has 0 aliphatic carbocycles. The van der Waals surface area contributed by atoms with Gasteiger partial charge in [0.1, 0.15) is 0 Å². The molecule has 1 unspecified atom stereocenters. The molecule has 1 saturated heterocycles. The second kappa shape index (κ2) is 7.55. The molecule has 1 heterocycles. The Labute approximate surface area is 147 Å². The van der Waals surface area contributed by atoms with Crippen molar-refractivity contribution in [2.45, 2.75) is 65.6 Å². The van der Waals surface area contributed by atoms with Crippen LogP contribution in [-0.4, -0.2) is 36.7 Å². The third-order valence-electron chi connectivity index (χ3n) is 4.55. The molecule has 0 saturated carbocycles. The van der Waals surface area contributed by atoms with Gasteiger partial charge < -0.3 is 4.74 Å². The lowest BCUT2D eigenvalue weighted by atomic mass is 9.86. The molecule has 1 fully saturated rings. The molecule has 130 valence electrons. The molecule has 1 aliphatic heterocycles. The molecule has 1 aromatic carbocycles. The number of benzene rings is 1. The molecule has 1 aliphatic rings. The summed E-state index contributed by atoms with van der Waals surface area (Å²) in [5, 5.41) is 0.910. The van der Waals surface area contributed by atoms with Crippen LogP contribution in [0.2, 0.25) is 5.02 Å². The average molecular weight is 338 g/mol. The van der Waals surface area contributed by atoms with E-state index in [1.54, 1.807) is 0 Å². The predicted molar refractivity (Wildman–Crippen MR) is 99.5 cm³/mol. The monoisotopic (exact) mass is 337 g/mol. The molecular weight excluding hydrogens is 306 g/mol. The highest BCUT2D eigenvalue weighted by Crippen LogP contribution is 2.28. The third kappa shape index (κ3) is 5.48. The van der Waals surface area contributed by atoms with Gasteiger partial charge in [0.05, 0.1) is 12.2 Å². The number of rotatable bonds is 4. The zero-order chi connectivity index (χ0) is 17.2. The quantitative estimate of drug-likeness (QED) is 0.772. The standard InChI is InChI=1S/C20H32ClNO/c1-14(11-22-12-15(2)23-16(3)13-22)9-17-7-8-18(10-19(17)21)20(4,5)6/h7-8,10,14-16H,9,11-13H2,1-6H3/t14?,15-,16+. The van der Waals surface area contributed by atoms with Crippen molar-refractivity contribution in [1.82, 2.24) is 4.90 Å². The highest BCUT2D eigenvalue weighted by Gasteiger charge is 2.23. The minimum Gasteiger partial charge on any atom is -0.373 e. The van der Waals surface area contributed by atoms with Crippen LogP contribution in [0.3, 0.4) is 0 Å². The van der Waals surface area contributed by atoms with Crippen molar-refractivity contribution in [2.75, 3.05) is 19.6 Å². The fourth-order valence-electron chi connectivity index (χ4n) is 3.49. The van der Waals surface area contributed by atoms with Crippen LogP contribution in [0.4, 0.5) is 0 Å². The predicted octanol–water partition coefficient (Wildman–Crippen LogP) is 4.93. The molecule has 0 amide bonds. The lowest BCUT2D eigenvalue weighted by Gasteiger charge is -2.36.